The number of aliphatic hydroxyl groups is 1. The van der Waals surface area contributed by atoms with Crippen molar-refractivity contribution in [1.29, 1.82) is 0 Å². The largest absolute Gasteiger partial charge is 0.392 e. The van der Waals surface area contributed by atoms with Gasteiger partial charge in [-0.1, -0.05) is 63.6 Å². The molecule has 0 amide bonds. The summed E-state index contributed by atoms with van der Waals surface area (Å²) in [6, 6.07) is 0.483. The zero-order valence-corrected chi connectivity index (χ0v) is 23.8. The predicted molar refractivity (Wildman–Crippen MR) is 153 cm³/mol. The molecule has 5 heteroatoms. The number of likely N-dealkylation sites (tertiary alicyclic amines) is 1. The molecule has 0 bridgehead atoms. The molecular formula is C30H47ClN2OS. The van der Waals surface area contributed by atoms with Crippen molar-refractivity contribution in [3.63, 3.8) is 0 Å². The summed E-state index contributed by atoms with van der Waals surface area (Å²) in [5.74, 6) is 2.50. The molecule has 3 nitrogen and oxygen atoms in total. The van der Waals surface area contributed by atoms with Gasteiger partial charge < -0.3 is 15.3 Å². The van der Waals surface area contributed by atoms with Gasteiger partial charge in [-0.05, 0) is 78.7 Å². The molecule has 0 saturated carbocycles. The summed E-state index contributed by atoms with van der Waals surface area (Å²) in [5.41, 5.74) is 2.91. The highest BCUT2D eigenvalue weighted by Gasteiger charge is 2.40. The molecule has 196 valence electrons. The maximum absolute atomic E-state index is 9.86. The van der Waals surface area contributed by atoms with E-state index in [-0.39, 0.29) is 12.0 Å². The first-order valence-electron chi connectivity index (χ1n) is 13.9. The number of thioether (sulfide) groups is 1. The van der Waals surface area contributed by atoms with Crippen molar-refractivity contribution in [2.45, 2.75) is 76.5 Å². The Morgan fingerprint density at radius 3 is 2.69 bits per heavy atom. The van der Waals surface area contributed by atoms with Gasteiger partial charge >= 0.3 is 0 Å². The molecule has 0 aromatic rings. The smallest absolute Gasteiger partial charge is 0.0678 e. The van der Waals surface area contributed by atoms with Gasteiger partial charge in [0.1, 0.15) is 0 Å². The number of hydrogen-bond donors (Lipinski definition) is 2. The van der Waals surface area contributed by atoms with E-state index in [2.05, 4.69) is 73.7 Å². The molecule has 2 aliphatic carbocycles. The fourth-order valence-electron chi connectivity index (χ4n) is 6.76. The van der Waals surface area contributed by atoms with Gasteiger partial charge in [0.25, 0.3) is 0 Å². The van der Waals surface area contributed by atoms with Crippen LogP contribution in [0.5, 0.6) is 0 Å². The van der Waals surface area contributed by atoms with Crippen molar-refractivity contribution in [3.8, 4) is 0 Å². The van der Waals surface area contributed by atoms with Gasteiger partial charge in [0.2, 0.25) is 0 Å². The molecule has 2 N–H and O–H groups in total. The Hall–Kier alpha value is -0.520. The summed E-state index contributed by atoms with van der Waals surface area (Å²) in [5, 5.41) is 16.8. The highest BCUT2D eigenvalue weighted by atomic mass is 35.5. The average Bonchev–Trinajstić information content (AvgIpc) is 3.37. The van der Waals surface area contributed by atoms with Crippen LogP contribution in [0.2, 0.25) is 0 Å². The second-order valence-corrected chi connectivity index (χ2v) is 14.0. The maximum Gasteiger partial charge on any atom is 0.0678 e. The van der Waals surface area contributed by atoms with Crippen molar-refractivity contribution in [1.82, 2.24) is 10.2 Å². The van der Waals surface area contributed by atoms with Crippen LogP contribution in [-0.2, 0) is 0 Å². The third-order valence-electron chi connectivity index (χ3n) is 8.76. The molecule has 0 aromatic heterocycles. The number of nitrogens with one attached hydrogen (secondary N) is 1. The lowest BCUT2D eigenvalue weighted by molar-refractivity contribution is 0.0219. The van der Waals surface area contributed by atoms with Crippen LogP contribution in [0.15, 0.2) is 46.9 Å². The summed E-state index contributed by atoms with van der Waals surface area (Å²) < 4.78 is 0. The Balaban J connectivity index is 1.31. The van der Waals surface area contributed by atoms with Crippen molar-refractivity contribution >= 4 is 23.4 Å². The number of hydrogen-bond acceptors (Lipinski definition) is 4. The van der Waals surface area contributed by atoms with E-state index in [1.807, 2.05) is 11.8 Å². The van der Waals surface area contributed by atoms with E-state index in [0.29, 0.717) is 34.5 Å². The molecule has 1 fully saturated rings. The Kier molecular flexibility index (Phi) is 9.71. The van der Waals surface area contributed by atoms with Crippen LogP contribution in [0.1, 0.15) is 59.8 Å². The van der Waals surface area contributed by atoms with Gasteiger partial charge in [0.15, 0.2) is 0 Å². The molecule has 35 heavy (non-hydrogen) atoms. The Morgan fingerprint density at radius 1 is 1.23 bits per heavy atom. The van der Waals surface area contributed by atoms with E-state index in [9.17, 15) is 5.11 Å². The van der Waals surface area contributed by atoms with E-state index in [0.717, 1.165) is 43.8 Å². The van der Waals surface area contributed by atoms with Crippen LogP contribution in [-0.4, -0.2) is 59.5 Å². The fourth-order valence-corrected chi connectivity index (χ4v) is 7.94. The highest BCUT2D eigenvalue weighted by Crippen LogP contribution is 2.43. The van der Waals surface area contributed by atoms with Crippen LogP contribution < -0.4 is 5.32 Å². The number of alkyl halides is 1. The van der Waals surface area contributed by atoms with Crippen molar-refractivity contribution in [2.75, 3.05) is 32.8 Å². The van der Waals surface area contributed by atoms with Crippen molar-refractivity contribution < 1.29 is 5.11 Å². The monoisotopic (exact) mass is 518 g/mol. The van der Waals surface area contributed by atoms with Crippen LogP contribution in [0.4, 0.5) is 0 Å². The number of rotatable bonds is 9. The summed E-state index contributed by atoms with van der Waals surface area (Å²) in [7, 11) is 0. The minimum absolute atomic E-state index is 0.143. The lowest BCUT2D eigenvalue weighted by Crippen LogP contribution is -2.53. The number of piperidine rings is 1. The van der Waals surface area contributed by atoms with E-state index in [1.54, 1.807) is 0 Å². The number of allylic oxidation sites excluding steroid dienone is 3. The zero-order valence-electron chi connectivity index (χ0n) is 22.3. The van der Waals surface area contributed by atoms with Crippen LogP contribution in [0.25, 0.3) is 0 Å². The summed E-state index contributed by atoms with van der Waals surface area (Å²) >= 11 is 8.25. The van der Waals surface area contributed by atoms with E-state index < -0.39 is 0 Å². The van der Waals surface area contributed by atoms with Gasteiger partial charge in [0.05, 0.1) is 12.0 Å². The average molecular weight is 519 g/mol. The molecular weight excluding hydrogens is 472 g/mol. The van der Waals surface area contributed by atoms with Gasteiger partial charge in [-0.25, -0.2) is 0 Å². The second-order valence-electron chi connectivity index (χ2n) is 12.3. The summed E-state index contributed by atoms with van der Waals surface area (Å²) in [4.78, 5) is 2.72. The van der Waals surface area contributed by atoms with Crippen molar-refractivity contribution in [3.05, 3.63) is 46.9 Å². The minimum atomic E-state index is 0.143. The Morgan fingerprint density at radius 2 is 2.06 bits per heavy atom. The van der Waals surface area contributed by atoms with Crippen molar-refractivity contribution in [2.24, 2.45) is 29.1 Å². The van der Waals surface area contributed by atoms with Gasteiger partial charge in [0, 0.05) is 30.9 Å². The molecule has 1 saturated heterocycles. The SMILES string of the molecule is CC(C)[C@H](CN1CCC(C2C=CC(Cl)CC2)C(C)(C)C1)NCC1C=C(CO)C=C(C2CC=CS2)C1. The van der Waals surface area contributed by atoms with Gasteiger partial charge in [-0.15, -0.1) is 23.4 Å². The van der Waals surface area contributed by atoms with Crippen LogP contribution in [0, 0.1) is 29.1 Å². The lowest BCUT2D eigenvalue weighted by Gasteiger charge is -2.48. The number of nitrogens with zero attached hydrogens (tertiary/aromatic N) is 1. The molecule has 2 heterocycles. The van der Waals surface area contributed by atoms with E-state index in [4.69, 9.17) is 11.6 Å². The van der Waals surface area contributed by atoms with E-state index in [1.165, 1.54) is 31.5 Å². The van der Waals surface area contributed by atoms with E-state index >= 15 is 0 Å². The normalized spacial score (nSPS) is 34.2. The highest BCUT2D eigenvalue weighted by molar-refractivity contribution is 8.03. The molecule has 0 aromatic carbocycles. The quantitative estimate of drug-likeness (QED) is 0.273. The molecule has 0 radical (unpaired) electrons. The molecule has 6 atom stereocenters. The molecule has 4 aliphatic rings. The van der Waals surface area contributed by atoms with Gasteiger partial charge in [-0.2, -0.15) is 0 Å². The second kappa shape index (κ2) is 12.3. The topological polar surface area (TPSA) is 35.5 Å². The first-order chi connectivity index (χ1) is 16.7. The Bertz CT molecular complexity index is 824. The van der Waals surface area contributed by atoms with Crippen LogP contribution in [0.3, 0.4) is 0 Å². The standard InChI is InChI=1S/C30H47ClN2OS/c1-21(2)28(32-17-22-14-23(19-34)16-25(15-22)29-6-5-13-35-29)18-33-12-11-27(30(3,4)20-33)24-7-9-26(31)10-8-24/h5,7,9,13-14,16,21-22,24,26-29,32,34H,6,8,10-12,15,17-20H2,1-4H3/t22?,24?,26?,27?,28-,29?/m0/s1. The summed E-state index contributed by atoms with van der Waals surface area (Å²) in [6.45, 7) is 14.3. The fraction of sp³-hybridized carbons (Fsp3) is 0.733. The van der Waals surface area contributed by atoms with Gasteiger partial charge in [-0.3, -0.25) is 0 Å². The summed E-state index contributed by atoms with van der Waals surface area (Å²) in [6.07, 6.45) is 17.4. The molecule has 5 unspecified atom stereocenters. The Labute approximate surface area is 223 Å². The first-order valence-corrected chi connectivity index (χ1v) is 15.2. The first kappa shape index (κ1) is 27.5. The third-order valence-corrected chi connectivity index (χ3v) is 10.3. The van der Waals surface area contributed by atoms with Crippen LogP contribution >= 0.6 is 23.4 Å². The molecule has 4 rings (SSSR count). The lowest BCUT2D eigenvalue weighted by atomic mass is 9.65. The third kappa shape index (κ3) is 7.29. The molecule has 0 spiro atoms. The zero-order chi connectivity index (χ0) is 25.0. The predicted octanol–water partition coefficient (Wildman–Crippen LogP) is 6.41. The maximum atomic E-state index is 9.86. The number of halogens is 1. The number of aliphatic hydroxyl groups excluding tert-OH is 1. The molecule has 2 aliphatic heterocycles. The minimum Gasteiger partial charge on any atom is -0.392 e.